The fraction of sp³-hybridized carbons (Fsp3) is 0.300. The number of nitrogens with one attached hydrogen (secondary N) is 1. The van der Waals surface area contributed by atoms with Crippen molar-refractivity contribution in [2.24, 2.45) is 0 Å². The molecule has 0 heterocycles. The topological polar surface area (TPSA) is 63.2 Å². The maximum Gasteiger partial charge on any atom is 0.405 e. The van der Waals surface area contributed by atoms with Gasteiger partial charge in [-0.3, -0.25) is 4.79 Å². The second-order valence-corrected chi connectivity index (χ2v) is 6.38. The molecule has 4 nitrogen and oxygen atoms in total. The predicted molar refractivity (Wildman–Crippen MR) is 62.6 cm³/mol. The number of hydrogen-bond acceptors (Lipinski definition) is 3. The Bertz CT molecular complexity index is 643. The summed E-state index contributed by atoms with van der Waals surface area (Å²) in [6.07, 6.45) is -4.62. The molecule has 0 aliphatic rings. The van der Waals surface area contributed by atoms with E-state index in [4.69, 9.17) is 10.7 Å². The van der Waals surface area contributed by atoms with E-state index >= 15 is 0 Å². The highest BCUT2D eigenvalue weighted by atomic mass is 35.7. The van der Waals surface area contributed by atoms with Crippen LogP contribution in [0.3, 0.4) is 0 Å². The number of hydrogen-bond donors (Lipinski definition) is 1. The summed E-state index contributed by atoms with van der Waals surface area (Å²) in [4.78, 5) is 10.5. The Morgan fingerprint density at radius 3 is 2.35 bits per heavy atom. The molecule has 0 aliphatic heterocycles. The Morgan fingerprint density at radius 2 is 1.90 bits per heavy atom. The van der Waals surface area contributed by atoms with Crippen LogP contribution in [0, 0.1) is 12.7 Å². The fourth-order valence-electron chi connectivity index (χ4n) is 1.33. The van der Waals surface area contributed by atoms with Crippen LogP contribution in [0.15, 0.2) is 17.0 Å². The maximum absolute atomic E-state index is 13.5. The zero-order valence-corrected chi connectivity index (χ0v) is 11.5. The summed E-state index contributed by atoms with van der Waals surface area (Å²) in [5.41, 5.74) is -0.670. The molecule has 0 aromatic heterocycles. The third-order valence-corrected chi connectivity index (χ3v) is 3.52. The second-order valence-electron chi connectivity index (χ2n) is 3.84. The summed E-state index contributed by atoms with van der Waals surface area (Å²) in [7, 11) is 0.522. The largest absolute Gasteiger partial charge is 0.405 e. The highest BCUT2D eigenvalue weighted by molar-refractivity contribution is 8.13. The molecule has 1 N–H and O–H groups in total. The molecule has 0 saturated carbocycles. The number of rotatable bonds is 3. The molecule has 0 unspecified atom stereocenters. The Hall–Kier alpha value is -1.35. The van der Waals surface area contributed by atoms with Gasteiger partial charge in [0.1, 0.15) is 17.3 Å². The number of benzene rings is 1. The van der Waals surface area contributed by atoms with Crippen LogP contribution in [0.5, 0.6) is 0 Å². The van der Waals surface area contributed by atoms with Crippen molar-refractivity contribution in [3.63, 3.8) is 0 Å². The van der Waals surface area contributed by atoms with Crippen molar-refractivity contribution in [3.05, 3.63) is 29.1 Å². The minimum atomic E-state index is -4.62. The highest BCUT2D eigenvalue weighted by Gasteiger charge is 2.28. The molecule has 0 fully saturated rings. The van der Waals surface area contributed by atoms with Crippen molar-refractivity contribution in [2.75, 3.05) is 6.54 Å². The molecule has 0 bridgehead atoms. The van der Waals surface area contributed by atoms with Gasteiger partial charge in [0.05, 0.1) is 0 Å². The van der Waals surface area contributed by atoms with Gasteiger partial charge >= 0.3 is 6.18 Å². The van der Waals surface area contributed by atoms with Gasteiger partial charge in [-0.1, -0.05) is 0 Å². The van der Waals surface area contributed by atoms with Crippen LogP contribution < -0.4 is 5.32 Å². The first-order valence-corrected chi connectivity index (χ1v) is 7.32. The lowest BCUT2D eigenvalue weighted by molar-refractivity contribution is -0.123. The third kappa shape index (κ3) is 4.34. The molecule has 1 aromatic carbocycles. The van der Waals surface area contributed by atoms with E-state index in [9.17, 15) is 30.8 Å². The minimum absolute atomic E-state index is 0.233. The lowest BCUT2D eigenvalue weighted by atomic mass is 10.1. The number of amides is 1. The molecule has 20 heavy (non-hydrogen) atoms. The zero-order valence-electron chi connectivity index (χ0n) is 9.88. The summed E-state index contributed by atoms with van der Waals surface area (Å²) in [5.74, 6) is -2.35. The van der Waals surface area contributed by atoms with E-state index in [1.165, 1.54) is 5.32 Å². The van der Waals surface area contributed by atoms with E-state index in [0.717, 1.165) is 13.0 Å². The summed E-state index contributed by atoms with van der Waals surface area (Å²) in [5, 5.41) is 1.54. The Balaban J connectivity index is 3.15. The quantitative estimate of drug-likeness (QED) is 0.682. The van der Waals surface area contributed by atoms with Gasteiger partial charge in [0, 0.05) is 16.2 Å². The molecule has 1 aromatic rings. The maximum atomic E-state index is 13.5. The van der Waals surface area contributed by atoms with E-state index in [-0.39, 0.29) is 5.56 Å². The first-order chi connectivity index (χ1) is 8.92. The smallest absolute Gasteiger partial charge is 0.343 e. The van der Waals surface area contributed by atoms with Crippen molar-refractivity contribution in [1.82, 2.24) is 5.32 Å². The fourth-order valence-corrected chi connectivity index (χ4v) is 2.31. The molecule has 0 saturated heterocycles. The Kier molecular flexibility index (Phi) is 4.65. The first-order valence-electron chi connectivity index (χ1n) is 5.01. The average Bonchev–Trinajstić information content (AvgIpc) is 2.26. The van der Waals surface area contributed by atoms with E-state index in [2.05, 4.69) is 0 Å². The van der Waals surface area contributed by atoms with E-state index in [1.54, 1.807) is 0 Å². The predicted octanol–water partition coefficient (Wildman–Crippen LogP) is 2.35. The van der Waals surface area contributed by atoms with Gasteiger partial charge in [-0.05, 0) is 24.6 Å². The van der Waals surface area contributed by atoms with Gasteiger partial charge in [0.25, 0.3) is 15.0 Å². The van der Waals surface area contributed by atoms with E-state index in [0.29, 0.717) is 6.07 Å². The van der Waals surface area contributed by atoms with Crippen LogP contribution >= 0.6 is 10.7 Å². The zero-order chi connectivity index (χ0) is 15.7. The third-order valence-electron chi connectivity index (χ3n) is 2.20. The average molecular weight is 334 g/mol. The monoisotopic (exact) mass is 333 g/mol. The standard InChI is InChI=1S/C10H8ClF4NO3S/c1-5-2-6(9(17)16-4-10(13,14)15)3-7(8(5)12)20(11,18)19/h2-3H,4H2,1H3,(H,16,17). The number of halogens is 5. The highest BCUT2D eigenvalue weighted by Crippen LogP contribution is 2.23. The van der Waals surface area contributed by atoms with Crippen LogP contribution in [0.2, 0.25) is 0 Å². The Labute approximate surface area is 116 Å². The van der Waals surface area contributed by atoms with Crippen LogP contribution in [0.25, 0.3) is 0 Å². The van der Waals surface area contributed by atoms with Gasteiger partial charge in [-0.2, -0.15) is 13.2 Å². The van der Waals surface area contributed by atoms with Crippen LogP contribution in [0.1, 0.15) is 15.9 Å². The molecule has 112 valence electrons. The number of alkyl halides is 3. The Morgan fingerprint density at radius 1 is 1.35 bits per heavy atom. The second kappa shape index (κ2) is 5.57. The van der Waals surface area contributed by atoms with Crippen molar-refractivity contribution < 1.29 is 30.8 Å². The number of carbonyl (C=O) groups is 1. The molecule has 0 aliphatic carbocycles. The van der Waals surface area contributed by atoms with E-state index in [1.807, 2.05) is 0 Å². The molecule has 1 rings (SSSR count). The molecule has 0 atom stereocenters. The van der Waals surface area contributed by atoms with Crippen molar-refractivity contribution >= 4 is 25.6 Å². The molecule has 0 radical (unpaired) electrons. The van der Waals surface area contributed by atoms with Gasteiger partial charge < -0.3 is 5.32 Å². The van der Waals surface area contributed by atoms with Gasteiger partial charge in [0.2, 0.25) is 0 Å². The number of carbonyl (C=O) groups excluding carboxylic acids is 1. The van der Waals surface area contributed by atoms with Crippen LogP contribution in [0.4, 0.5) is 17.6 Å². The van der Waals surface area contributed by atoms with E-state index < -0.39 is 44.0 Å². The first kappa shape index (κ1) is 16.7. The van der Waals surface area contributed by atoms with Crippen LogP contribution in [-0.4, -0.2) is 27.0 Å². The van der Waals surface area contributed by atoms with Gasteiger partial charge in [-0.25, -0.2) is 12.8 Å². The summed E-state index contributed by atoms with van der Waals surface area (Å²) in [6, 6.07) is 1.50. The normalized spacial score (nSPS) is 12.3. The molecule has 0 spiro atoms. The van der Waals surface area contributed by atoms with Crippen molar-refractivity contribution in [2.45, 2.75) is 18.0 Å². The van der Waals surface area contributed by atoms with Gasteiger partial charge in [-0.15, -0.1) is 0 Å². The lowest BCUT2D eigenvalue weighted by Gasteiger charge is -2.10. The van der Waals surface area contributed by atoms with Crippen LogP contribution in [-0.2, 0) is 9.05 Å². The lowest BCUT2D eigenvalue weighted by Crippen LogP contribution is -2.33. The minimum Gasteiger partial charge on any atom is -0.343 e. The molecular formula is C10H8ClF4NO3S. The molecular weight excluding hydrogens is 326 g/mol. The SMILES string of the molecule is Cc1cc(C(=O)NCC(F)(F)F)cc(S(=O)(=O)Cl)c1F. The summed E-state index contributed by atoms with van der Waals surface area (Å²) >= 11 is 0. The van der Waals surface area contributed by atoms with Crippen molar-refractivity contribution in [1.29, 1.82) is 0 Å². The van der Waals surface area contributed by atoms with Crippen molar-refractivity contribution in [3.8, 4) is 0 Å². The molecule has 10 heteroatoms. The van der Waals surface area contributed by atoms with Gasteiger partial charge in [0.15, 0.2) is 0 Å². The summed E-state index contributed by atoms with van der Waals surface area (Å²) in [6.45, 7) is -0.438. The number of aryl methyl sites for hydroxylation is 1. The summed E-state index contributed by atoms with van der Waals surface area (Å²) < 4.78 is 71.6. The molecule has 1 amide bonds.